The minimum Gasteiger partial charge on any atom is -0.348 e. The molecule has 2 aliphatic heterocycles. The lowest BCUT2D eigenvalue weighted by Gasteiger charge is -2.45. The third-order valence-corrected chi connectivity index (χ3v) is 8.10. The van der Waals surface area contributed by atoms with Crippen molar-refractivity contribution in [2.75, 3.05) is 26.7 Å². The van der Waals surface area contributed by atoms with Gasteiger partial charge in [-0.05, 0) is 75.0 Å². The molecular formula is C27H28F3N5OS. The molecule has 0 saturated carbocycles. The molecule has 0 radical (unpaired) electrons. The second-order valence-corrected chi connectivity index (χ2v) is 11.3. The van der Waals surface area contributed by atoms with Crippen LogP contribution in [0.4, 0.5) is 13.2 Å². The lowest BCUT2D eigenvalue weighted by Crippen LogP contribution is -2.58. The van der Waals surface area contributed by atoms with E-state index in [1.54, 1.807) is 23.9 Å². The summed E-state index contributed by atoms with van der Waals surface area (Å²) in [5.74, 6) is -0.258. The van der Waals surface area contributed by atoms with Crippen LogP contribution in [0.1, 0.15) is 36.1 Å². The van der Waals surface area contributed by atoms with Gasteiger partial charge in [0.25, 0.3) is 5.91 Å². The van der Waals surface area contributed by atoms with E-state index in [0.29, 0.717) is 10.5 Å². The summed E-state index contributed by atoms with van der Waals surface area (Å²) in [6, 6.07) is 9.91. The summed E-state index contributed by atoms with van der Waals surface area (Å²) < 4.78 is 42.3. The van der Waals surface area contributed by atoms with Gasteiger partial charge in [-0.15, -0.1) is 0 Å². The number of fused-ring (bicyclic) bond motifs is 1. The Bertz CT molecular complexity index is 1440. The number of carbonyl (C=O) groups is 1. The number of benzene rings is 2. The van der Waals surface area contributed by atoms with Gasteiger partial charge in [-0.3, -0.25) is 14.4 Å². The molecule has 1 saturated heterocycles. The van der Waals surface area contributed by atoms with E-state index in [1.165, 1.54) is 23.9 Å². The van der Waals surface area contributed by atoms with Crippen molar-refractivity contribution in [2.45, 2.75) is 39.0 Å². The number of halogens is 3. The van der Waals surface area contributed by atoms with Crippen LogP contribution >= 0.6 is 11.8 Å². The van der Waals surface area contributed by atoms with Crippen LogP contribution in [0, 0.1) is 6.92 Å². The average molecular weight is 528 g/mol. The first-order valence-electron chi connectivity index (χ1n) is 12.0. The number of aryl methyl sites for hydroxylation is 1. The molecule has 0 aliphatic carbocycles. The normalized spacial score (nSPS) is 19.8. The second-order valence-electron chi connectivity index (χ2n) is 10.2. The zero-order chi connectivity index (χ0) is 26.5. The topological polar surface area (TPSA) is 53.7 Å². The molecule has 1 fully saturated rings. The van der Waals surface area contributed by atoms with E-state index in [2.05, 4.69) is 40.8 Å². The van der Waals surface area contributed by atoms with Crippen LogP contribution in [0.5, 0.6) is 0 Å². The van der Waals surface area contributed by atoms with Crippen molar-refractivity contribution in [1.82, 2.24) is 19.6 Å². The molecule has 37 heavy (non-hydrogen) atoms. The highest BCUT2D eigenvalue weighted by atomic mass is 32.2. The summed E-state index contributed by atoms with van der Waals surface area (Å²) >= 11 is 1.38. The standard InChI is InChI=1S/C27H28F3N5OS/c1-17-5-7-19(21(11-17)27(28,29)30)15-35-22-8-6-18(12-20(22)14-31-35)13-23-24(36)32-25(37-23)34-10-9-33(4)26(2,3)16-34/h5-8,11-14H,9-10,15-16H2,1-4H3/b23-13-. The molecule has 5 rings (SSSR count). The molecule has 1 aromatic heterocycles. The molecule has 0 spiro atoms. The van der Waals surface area contributed by atoms with Crippen LogP contribution in [0.25, 0.3) is 17.0 Å². The maximum atomic E-state index is 13.6. The highest BCUT2D eigenvalue weighted by Gasteiger charge is 2.36. The maximum absolute atomic E-state index is 13.6. The quantitative estimate of drug-likeness (QED) is 0.427. The Kier molecular flexibility index (Phi) is 6.44. The monoisotopic (exact) mass is 527 g/mol. The highest BCUT2D eigenvalue weighted by molar-refractivity contribution is 8.18. The number of piperazine rings is 1. The molecule has 0 atom stereocenters. The van der Waals surface area contributed by atoms with Gasteiger partial charge in [-0.2, -0.15) is 23.3 Å². The number of amidine groups is 1. The van der Waals surface area contributed by atoms with Gasteiger partial charge in [-0.1, -0.05) is 23.8 Å². The molecule has 0 unspecified atom stereocenters. The van der Waals surface area contributed by atoms with Crippen molar-refractivity contribution in [3.8, 4) is 0 Å². The summed E-state index contributed by atoms with van der Waals surface area (Å²) in [6.45, 7) is 8.50. The lowest BCUT2D eigenvalue weighted by atomic mass is 10.0. The van der Waals surface area contributed by atoms with Crippen molar-refractivity contribution in [3.63, 3.8) is 0 Å². The lowest BCUT2D eigenvalue weighted by molar-refractivity contribution is -0.138. The number of aliphatic imine (C=N–C) groups is 1. The predicted molar refractivity (Wildman–Crippen MR) is 141 cm³/mol. The number of hydrogen-bond acceptors (Lipinski definition) is 5. The Morgan fingerprint density at radius 2 is 1.92 bits per heavy atom. The molecule has 1 amide bonds. The third kappa shape index (κ3) is 5.17. The molecule has 194 valence electrons. The summed E-state index contributed by atoms with van der Waals surface area (Å²) in [6.07, 6.45) is -0.990. The van der Waals surface area contributed by atoms with Gasteiger partial charge in [0.1, 0.15) is 0 Å². The smallest absolute Gasteiger partial charge is 0.348 e. The summed E-state index contributed by atoms with van der Waals surface area (Å²) in [4.78, 5) is 22.0. The second kappa shape index (κ2) is 9.33. The number of hydrogen-bond donors (Lipinski definition) is 0. The molecule has 10 heteroatoms. The fourth-order valence-electron chi connectivity index (χ4n) is 4.66. The van der Waals surface area contributed by atoms with Crippen molar-refractivity contribution in [3.05, 3.63) is 69.8 Å². The Hall–Kier alpha value is -3.11. The Morgan fingerprint density at radius 1 is 1.14 bits per heavy atom. The van der Waals surface area contributed by atoms with E-state index in [1.807, 2.05) is 24.3 Å². The number of thioether (sulfide) groups is 1. The van der Waals surface area contributed by atoms with Crippen molar-refractivity contribution >= 4 is 39.8 Å². The first-order valence-corrected chi connectivity index (χ1v) is 12.8. The summed E-state index contributed by atoms with van der Waals surface area (Å²) in [5, 5.41) is 5.85. The fraction of sp³-hybridized carbons (Fsp3) is 0.370. The number of likely N-dealkylation sites (N-methyl/N-ethyl adjacent to an activating group) is 1. The van der Waals surface area contributed by atoms with E-state index in [0.717, 1.165) is 41.3 Å². The van der Waals surface area contributed by atoms with Gasteiger partial charge in [0.05, 0.1) is 28.7 Å². The first-order chi connectivity index (χ1) is 17.4. The fourth-order valence-corrected chi connectivity index (χ4v) is 5.60. The van der Waals surface area contributed by atoms with Crippen LogP contribution in [-0.4, -0.2) is 62.9 Å². The van der Waals surface area contributed by atoms with E-state index >= 15 is 0 Å². The van der Waals surface area contributed by atoms with Crippen LogP contribution in [0.2, 0.25) is 0 Å². The van der Waals surface area contributed by atoms with Crippen LogP contribution in [0.15, 0.2) is 52.5 Å². The Balaban J connectivity index is 1.35. The molecule has 2 aromatic carbocycles. The number of alkyl halides is 3. The minimum absolute atomic E-state index is 0.00592. The van der Waals surface area contributed by atoms with E-state index in [9.17, 15) is 18.0 Å². The van der Waals surface area contributed by atoms with E-state index in [4.69, 9.17) is 0 Å². The van der Waals surface area contributed by atoms with Crippen LogP contribution in [0.3, 0.4) is 0 Å². The van der Waals surface area contributed by atoms with Gasteiger partial charge in [0.15, 0.2) is 5.17 Å². The van der Waals surface area contributed by atoms with Gasteiger partial charge < -0.3 is 4.90 Å². The largest absolute Gasteiger partial charge is 0.416 e. The molecule has 2 aliphatic rings. The van der Waals surface area contributed by atoms with E-state index < -0.39 is 11.7 Å². The summed E-state index contributed by atoms with van der Waals surface area (Å²) in [7, 11) is 2.10. The van der Waals surface area contributed by atoms with Crippen molar-refractivity contribution < 1.29 is 18.0 Å². The first kappa shape index (κ1) is 25.5. The number of amides is 1. The third-order valence-electron chi connectivity index (χ3n) is 7.05. The zero-order valence-electron chi connectivity index (χ0n) is 21.1. The van der Waals surface area contributed by atoms with Gasteiger partial charge in [-0.25, -0.2) is 0 Å². The van der Waals surface area contributed by atoms with Crippen LogP contribution in [-0.2, 0) is 17.5 Å². The number of nitrogens with zero attached hydrogens (tertiary/aromatic N) is 5. The van der Waals surface area contributed by atoms with Crippen LogP contribution < -0.4 is 0 Å². The van der Waals surface area contributed by atoms with E-state index in [-0.39, 0.29) is 23.6 Å². The predicted octanol–water partition coefficient (Wildman–Crippen LogP) is 5.41. The Morgan fingerprint density at radius 3 is 2.65 bits per heavy atom. The SMILES string of the molecule is Cc1ccc(Cn2ncc3cc(/C=C4\SC(N5CCN(C)C(C)(C)C5)=NC4=O)ccc32)c(C(F)(F)F)c1. The molecule has 0 N–H and O–H groups in total. The molecule has 0 bridgehead atoms. The molecule has 6 nitrogen and oxygen atoms in total. The Labute approximate surface area is 217 Å². The van der Waals surface area contributed by atoms with Crippen molar-refractivity contribution in [2.24, 2.45) is 4.99 Å². The number of rotatable bonds is 3. The number of carbonyl (C=O) groups excluding carboxylic acids is 1. The number of aromatic nitrogens is 2. The minimum atomic E-state index is -4.43. The van der Waals surface area contributed by atoms with Crippen molar-refractivity contribution in [1.29, 1.82) is 0 Å². The maximum Gasteiger partial charge on any atom is 0.416 e. The average Bonchev–Trinajstić information content (AvgIpc) is 3.39. The highest BCUT2D eigenvalue weighted by Crippen LogP contribution is 2.35. The van der Waals surface area contributed by atoms with Gasteiger partial charge >= 0.3 is 6.18 Å². The van der Waals surface area contributed by atoms with Gasteiger partial charge in [0.2, 0.25) is 0 Å². The molecular weight excluding hydrogens is 499 g/mol. The molecule has 3 heterocycles. The summed E-state index contributed by atoms with van der Waals surface area (Å²) in [5.41, 5.74) is 1.60. The van der Waals surface area contributed by atoms with Gasteiger partial charge in [0, 0.05) is 30.6 Å². The zero-order valence-corrected chi connectivity index (χ0v) is 22.0. The molecule has 3 aromatic rings.